The van der Waals surface area contributed by atoms with Crippen LogP contribution in [0.1, 0.15) is 50.8 Å². The molecule has 2 rings (SSSR count). The molecule has 5 heteroatoms. The molecule has 1 unspecified atom stereocenters. The highest BCUT2D eigenvalue weighted by molar-refractivity contribution is 5.74. The van der Waals surface area contributed by atoms with E-state index in [9.17, 15) is 9.90 Å². The van der Waals surface area contributed by atoms with Crippen LogP contribution in [0.25, 0.3) is 0 Å². The van der Waals surface area contributed by atoms with Crippen molar-refractivity contribution < 1.29 is 9.90 Å². The monoisotopic (exact) mass is 251 g/mol. The van der Waals surface area contributed by atoms with E-state index in [1.54, 1.807) is 12.5 Å². The minimum Gasteiger partial charge on any atom is -0.480 e. The summed E-state index contributed by atoms with van der Waals surface area (Å²) >= 11 is 0. The van der Waals surface area contributed by atoms with Gasteiger partial charge < -0.3 is 9.67 Å². The van der Waals surface area contributed by atoms with Gasteiger partial charge in [-0.1, -0.05) is 19.8 Å². The van der Waals surface area contributed by atoms with E-state index < -0.39 is 12.0 Å². The maximum atomic E-state index is 11.4. The predicted octanol–water partition coefficient (Wildman–Crippen LogP) is 1.95. The number of nitrogens with zero attached hydrogens (tertiary/aromatic N) is 2. The summed E-state index contributed by atoms with van der Waals surface area (Å²) in [6.45, 7) is 2.88. The van der Waals surface area contributed by atoms with Gasteiger partial charge in [-0.05, 0) is 19.3 Å². The Kier molecular flexibility index (Phi) is 4.36. The maximum absolute atomic E-state index is 11.4. The second-order valence-corrected chi connectivity index (χ2v) is 4.93. The first-order valence-corrected chi connectivity index (χ1v) is 6.71. The predicted molar refractivity (Wildman–Crippen MR) is 68.3 cm³/mol. The summed E-state index contributed by atoms with van der Waals surface area (Å²) < 4.78 is 1.93. The Labute approximate surface area is 107 Å². The van der Waals surface area contributed by atoms with Crippen molar-refractivity contribution >= 4 is 5.97 Å². The molecule has 18 heavy (non-hydrogen) atoms. The molecular weight excluding hydrogens is 230 g/mol. The molecule has 0 bridgehead atoms. The Morgan fingerprint density at radius 3 is 2.94 bits per heavy atom. The van der Waals surface area contributed by atoms with E-state index in [-0.39, 0.29) is 0 Å². The lowest BCUT2D eigenvalue weighted by Gasteiger charge is -2.20. The number of rotatable bonds is 6. The second kappa shape index (κ2) is 6.00. The third-order valence-corrected chi connectivity index (χ3v) is 3.51. The van der Waals surface area contributed by atoms with Crippen molar-refractivity contribution in [3.05, 3.63) is 18.2 Å². The van der Waals surface area contributed by atoms with Gasteiger partial charge in [0.05, 0.1) is 18.2 Å². The number of hydrogen-bond donors (Lipinski definition) is 2. The molecule has 0 saturated heterocycles. The third kappa shape index (κ3) is 2.90. The van der Waals surface area contributed by atoms with Gasteiger partial charge in [-0.3, -0.25) is 10.1 Å². The summed E-state index contributed by atoms with van der Waals surface area (Å²) in [5, 5.41) is 12.7. The van der Waals surface area contributed by atoms with Gasteiger partial charge in [-0.2, -0.15) is 0 Å². The van der Waals surface area contributed by atoms with Crippen LogP contribution in [-0.4, -0.2) is 26.7 Å². The molecule has 1 aliphatic carbocycles. The molecule has 1 heterocycles. The van der Waals surface area contributed by atoms with Crippen molar-refractivity contribution in [1.29, 1.82) is 0 Å². The highest BCUT2D eigenvalue weighted by atomic mass is 16.4. The van der Waals surface area contributed by atoms with Gasteiger partial charge in [0, 0.05) is 12.6 Å². The first-order valence-electron chi connectivity index (χ1n) is 6.71. The fourth-order valence-corrected chi connectivity index (χ4v) is 2.61. The molecule has 100 valence electrons. The number of aliphatic carboxylic acids is 1. The molecule has 1 fully saturated rings. The third-order valence-electron chi connectivity index (χ3n) is 3.51. The van der Waals surface area contributed by atoms with Gasteiger partial charge in [-0.25, -0.2) is 4.98 Å². The smallest absolute Gasteiger partial charge is 0.326 e. The van der Waals surface area contributed by atoms with E-state index in [0.29, 0.717) is 6.04 Å². The molecule has 0 aliphatic heterocycles. The van der Waals surface area contributed by atoms with Gasteiger partial charge in [0.25, 0.3) is 0 Å². The zero-order chi connectivity index (χ0) is 13.0. The zero-order valence-electron chi connectivity index (χ0n) is 10.8. The average molecular weight is 251 g/mol. The SMILES string of the molecule is CCCn1cncc1C(NC1CCCC1)C(=O)O. The molecule has 0 aromatic carbocycles. The van der Waals surface area contributed by atoms with Crippen molar-refractivity contribution in [1.82, 2.24) is 14.9 Å². The molecular formula is C13H21N3O2. The molecule has 2 N–H and O–H groups in total. The number of imidazole rings is 1. The van der Waals surface area contributed by atoms with Crippen molar-refractivity contribution in [2.45, 2.75) is 57.7 Å². The largest absolute Gasteiger partial charge is 0.480 e. The lowest BCUT2D eigenvalue weighted by Crippen LogP contribution is -2.36. The maximum Gasteiger partial charge on any atom is 0.326 e. The zero-order valence-corrected chi connectivity index (χ0v) is 10.8. The Balaban J connectivity index is 2.12. The Morgan fingerprint density at radius 2 is 2.33 bits per heavy atom. The Morgan fingerprint density at radius 1 is 1.61 bits per heavy atom. The minimum absolute atomic E-state index is 0.330. The number of carbonyl (C=O) groups is 1. The summed E-state index contributed by atoms with van der Waals surface area (Å²) in [6.07, 6.45) is 8.88. The van der Waals surface area contributed by atoms with Gasteiger partial charge in [0.1, 0.15) is 6.04 Å². The van der Waals surface area contributed by atoms with E-state index in [0.717, 1.165) is 31.5 Å². The van der Waals surface area contributed by atoms with Crippen LogP contribution < -0.4 is 5.32 Å². The van der Waals surface area contributed by atoms with Gasteiger partial charge >= 0.3 is 5.97 Å². The van der Waals surface area contributed by atoms with Gasteiger partial charge in [0.15, 0.2) is 0 Å². The van der Waals surface area contributed by atoms with Gasteiger partial charge in [-0.15, -0.1) is 0 Å². The Bertz CT molecular complexity index is 397. The number of aromatic nitrogens is 2. The standard InChI is InChI=1S/C13H21N3O2/c1-2-7-16-9-14-8-11(16)12(13(17)18)15-10-5-3-4-6-10/h8-10,12,15H,2-7H2,1H3,(H,17,18). The molecule has 1 atom stereocenters. The van der Waals surface area contributed by atoms with Crippen LogP contribution >= 0.6 is 0 Å². The molecule has 0 radical (unpaired) electrons. The lowest BCUT2D eigenvalue weighted by atomic mass is 10.1. The van der Waals surface area contributed by atoms with Crippen LogP contribution in [0.15, 0.2) is 12.5 Å². The van der Waals surface area contributed by atoms with E-state index in [2.05, 4.69) is 17.2 Å². The normalized spacial score (nSPS) is 18.1. The first-order chi connectivity index (χ1) is 8.72. The van der Waals surface area contributed by atoms with Crippen LogP contribution in [0, 0.1) is 0 Å². The van der Waals surface area contributed by atoms with E-state index >= 15 is 0 Å². The fraction of sp³-hybridized carbons (Fsp3) is 0.692. The van der Waals surface area contributed by atoms with Crippen LogP contribution in [0.4, 0.5) is 0 Å². The number of carboxylic acids is 1. The summed E-state index contributed by atoms with van der Waals surface area (Å²) in [5.74, 6) is -0.820. The number of hydrogen-bond acceptors (Lipinski definition) is 3. The quantitative estimate of drug-likeness (QED) is 0.811. The summed E-state index contributed by atoms with van der Waals surface area (Å²) in [4.78, 5) is 15.5. The van der Waals surface area contributed by atoms with Gasteiger partial charge in [0.2, 0.25) is 0 Å². The van der Waals surface area contributed by atoms with Crippen LogP contribution in [0.2, 0.25) is 0 Å². The van der Waals surface area contributed by atoms with Crippen molar-refractivity contribution in [2.75, 3.05) is 0 Å². The van der Waals surface area contributed by atoms with E-state index in [4.69, 9.17) is 0 Å². The van der Waals surface area contributed by atoms with Crippen LogP contribution in [-0.2, 0) is 11.3 Å². The number of aryl methyl sites for hydroxylation is 1. The summed E-state index contributed by atoms with van der Waals surface area (Å²) in [7, 11) is 0. The molecule has 5 nitrogen and oxygen atoms in total. The summed E-state index contributed by atoms with van der Waals surface area (Å²) in [6, 6.07) is -0.307. The number of nitrogens with one attached hydrogen (secondary N) is 1. The van der Waals surface area contributed by atoms with Crippen molar-refractivity contribution in [3.63, 3.8) is 0 Å². The fourth-order valence-electron chi connectivity index (χ4n) is 2.61. The first kappa shape index (κ1) is 13.1. The molecule has 1 aliphatic rings. The van der Waals surface area contributed by atoms with Crippen LogP contribution in [0.5, 0.6) is 0 Å². The molecule has 1 aromatic heterocycles. The second-order valence-electron chi connectivity index (χ2n) is 4.93. The Hall–Kier alpha value is -1.36. The molecule has 1 aromatic rings. The number of carboxylic acid groups (broad SMARTS) is 1. The molecule has 0 spiro atoms. The topological polar surface area (TPSA) is 67.2 Å². The van der Waals surface area contributed by atoms with Crippen molar-refractivity contribution in [2.24, 2.45) is 0 Å². The molecule has 1 saturated carbocycles. The average Bonchev–Trinajstić information content (AvgIpc) is 2.97. The van der Waals surface area contributed by atoms with Crippen LogP contribution in [0.3, 0.4) is 0 Å². The summed E-state index contributed by atoms with van der Waals surface area (Å²) in [5.41, 5.74) is 0.760. The van der Waals surface area contributed by atoms with E-state index in [1.165, 1.54) is 12.8 Å². The highest BCUT2D eigenvalue weighted by Crippen LogP contribution is 2.22. The lowest BCUT2D eigenvalue weighted by molar-refractivity contribution is -0.140. The highest BCUT2D eigenvalue weighted by Gasteiger charge is 2.27. The minimum atomic E-state index is -0.820. The van der Waals surface area contributed by atoms with Crippen molar-refractivity contribution in [3.8, 4) is 0 Å². The van der Waals surface area contributed by atoms with E-state index in [1.807, 2.05) is 4.57 Å². The molecule has 0 amide bonds.